The highest BCUT2D eigenvalue weighted by atomic mass is 19.4. The van der Waals surface area contributed by atoms with Gasteiger partial charge in [0, 0.05) is 18.1 Å². The van der Waals surface area contributed by atoms with E-state index in [2.05, 4.69) is 12.2 Å². The molecule has 17 heavy (non-hydrogen) atoms. The zero-order valence-electron chi connectivity index (χ0n) is 10.3. The van der Waals surface area contributed by atoms with Crippen molar-refractivity contribution in [2.45, 2.75) is 63.3 Å². The Morgan fingerprint density at radius 3 is 2.24 bits per heavy atom. The number of hydrogen-bond donors (Lipinski definition) is 1. The summed E-state index contributed by atoms with van der Waals surface area (Å²) < 4.78 is 37.4. The van der Waals surface area contributed by atoms with E-state index >= 15 is 0 Å². The van der Waals surface area contributed by atoms with E-state index in [4.69, 9.17) is 0 Å². The first-order valence-corrected chi connectivity index (χ1v) is 6.55. The van der Waals surface area contributed by atoms with Crippen molar-refractivity contribution >= 4 is 0 Å². The minimum absolute atomic E-state index is 0.143. The summed E-state index contributed by atoms with van der Waals surface area (Å²) >= 11 is 0. The molecule has 2 atom stereocenters. The number of piperidine rings is 1. The van der Waals surface area contributed by atoms with Crippen LogP contribution < -0.4 is 5.32 Å². The maximum absolute atomic E-state index is 12.5. The molecule has 5 heteroatoms. The molecule has 2 aliphatic heterocycles. The van der Waals surface area contributed by atoms with Gasteiger partial charge in [0.05, 0.1) is 6.54 Å². The summed E-state index contributed by atoms with van der Waals surface area (Å²) in [6.07, 6.45) is 0.665. The molecule has 0 aliphatic carbocycles. The molecule has 0 aromatic heterocycles. The number of hydrogen-bond acceptors (Lipinski definition) is 2. The zero-order chi connectivity index (χ0) is 12.5. The summed E-state index contributed by atoms with van der Waals surface area (Å²) in [6.45, 7) is 2.37. The first-order valence-electron chi connectivity index (χ1n) is 6.55. The minimum atomic E-state index is -4.05. The third-order valence-corrected chi connectivity index (χ3v) is 3.93. The van der Waals surface area contributed by atoms with Gasteiger partial charge in [-0.15, -0.1) is 0 Å². The third kappa shape index (κ3) is 3.35. The molecule has 2 nitrogen and oxygen atoms in total. The summed E-state index contributed by atoms with van der Waals surface area (Å²) in [5, 5.41) is 3.45. The lowest BCUT2D eigenvalue weighted by atomic mass is 9.97. The van der Waals surface area contributed by atoms with Gasteiger partial charge in [0.25, 0.3) is 0 Å². The van der Waals surface area contributed by atoms with E-state index in [1.54, 1.807) is 4.90 Å². The Kier molecular flexibility index (Phi) is 3.98. The molecular formula is C12H21F3N2. The van der Waals surface area contributed by atoms with Crippen molar-refractivity contribution in [3.8, 4) is 0 Å². The van der Waals surface area contributed by atoms with Gasteiger partial charge in [0.1, 0.15) is 0 Å². The van der Waals surface area contributed by atoms with E-state index < -0.39 is 12.7 Å². The monoisotopic (exact) mass is 250 g/mol. The molecule has 0 amide bonds. The van der Waals surface area contributed by atoms with Crippen LogP contribution >= 0.6 is 0 Å². The lowest BCUT2D eigenvalue weighted by molar-refractivity contribution is -0.155. The standard InChI is InChI=1S/C12H21F3N2/c1-2-5-16-9-6-10-3-4-11(7-9)17(10)8-12(13,14)15/h9-11,16H,2-8H2,1H3. The molecule has 2 aliphatic rings. The molecule has 0 aromatic carbocycles. The number of nitrogens with zero attached hydrogens (tertiary/aromatic N) is 1. The second-order valence-corrected chi connectivity index (χ2v) is 5.29. The third-order valence-electron chi connectivity index (χ3n) is 3.93. The molecule has 2 heterocycles. The summed E-state index contributed by atoms with van der Waals surface area (Å²) in [4.78, 5) is 1.68. The van der Waals surface area contributed by atoms with Gasteiger partial charge >= 0.3 is 6.18 Å². The molecule has 2 fully saturated rings. The Bertz CT molecular complexity index is 241. The molecule has 0 spiro atoms. The van der Waals surface area contributed by atoms with Crippen molar-refractivity contribution in [1.29, 1.82) is 0 Å². The fourth-order valence-electron chi connectivity index (χ4n) is 3.25. The Labute approximate surface area is 101 Å². The van der Waals surface area contributed by atoms with Gasteiger partial charge in [0.15, 0.2) is 0 Å². The van der Waals surface area contributed by atoms with Crippen molar-refractivity contribution < 1.29 is 13.2 Å². The van der Waals surface area contributed by atoms with E-state index in [9.17, 15) is 13.2 Å². The SMILES string of the molecule is CCCNC1CC2CCC(C1)N2CC(F)(F)F. The summed E-state index contributed by atoms with van der Waals surface area (Å²) in [7, 11) is 0. The molecule has 2 saturated heterocycles. The molecule has 0 radical (unpaired) electrons. The number of fused-ring (bicyclic) bond motifs is 2. The Hall–Kier alpha value is -0.290. The molecule has 0 aromatic rings. The maximum Gasteiger partial charge on any atom is 0.401 e. The normalized spacial score (nSPS) is 34.2. The minimum Gasteiger partial charge on any atom is -0.314 e. The van der Waals surface area contributed by atoms with Crippen LogP contribution in [0, 0.1) is 0 Å². The Morgan fingerprint density at radius 1 is 1.18 bits per heavy atom. The second kappa shape index (κ2) is 5.14. The number of alkyl halides is 3. The number of nitrogens with one attached hydrogen (secondary N) is 1. The highest BCUT2D eigenvalue weighted by Gasteiger charge is 2.45. The van der Waals surface area contributed by atoms with Gasteiger partial charge in [0.2, 0.25) is 0 Å². The van der Waals surface area contributed by atoms with Crippen LogP contribution in [0.25, 0.3) is 0 Å². The zero-order valence-corrected chi connectivity index (χ0v) is 10.3. The quantitative estimate of drug-likeness (QED) is 0.825. The van der Waals surface area contributed by atoms with E-state index in [0.29, 0.717) is 6.04 Å². The van der Waals surface area contributed by atoms with E-state index in [1.165, 1.54) is 0 Å². The van der Waals surface area contributed by atoms with Crippen molar-refractivity contribution in [3.05, 3.63) is 0 Å². The Balaban J connectivity index is 1.89. The van der Waals surface area contributed by atoms with Crippen molar-refractivity contribution in [2.24, 2.45) is 0 Å². The number of halogens is 3. The summed E-state index contributed by atoms with van der Waals surface area (Å²) in [5.41, 5.74) is 0. The molecule has 1 N–H and O–H groups in total. The lowest BCUT2D eigenvalue weighted by Crippen LogP contribution is -2.51. The van der Waals surface area contributed by atoms with Gasteiger partial charge in [-0.3, -0.25) is 4.90 Å². The topological polar surface area (TPSA) is 15.3 Å². The van der Waals surface area contributed by atoms with Gasteiger partial charge in [-0.25, -0.2) is 0 Å². The Morgan fingerprint density at radius 2 is 1.76 bits per heavy atom. The van der Waals surface area contributed by atoms with Crippen LogP contribution in [0.5, 0.6) is 0 Å². The fourth-order valence-corrected chi connectivity index (χ4v) is 3.25. The molecule has 0 saturated carbocycles. The average molecular weight is 250 g/mol. The van der Waals surface area contributed by atoms with Crippen LogP contribution in [0.15, 0.2) is 0 Å². The first kappa shape index (κ1) is 13.1. The van der Waals surface area contributed by atoms with E-state index in [-0.39, 0.29) is 12.1 Å². The lowest BCUT2D eigenvalue weighted by Gasteiger charge is -2.39. The predicted molar refractivity (Wildman–Crippen MR) is 60.9 cm³/mol. The van der Waals surface area contributed by atoms with Crippen molar-refractivity contribution in [3.63, 3.8) is 0 Å². The number of rotatable bonds is 4. The van der Waals surface area contributed by atoms with Crippen LogP contribution in [0.1, 0.15) is 39.0 Å². The first-order chi connectivity index (χ1) is 7.99. The van der Waals surface area contributed by atoms with Gasteiger partial charge in [-0.2, -0.15) is 13.2 Å². The molecule has 2 rings (SSSR count). The van der Waals surface area contributed by atoms with E-state index in [1.807, 2.05) is 0 Å². The smallest absolute Gasteiger partial charge is 0.314 e. The van der Waals surface area contributed by atoms with Crippen molar-refractivity contribution in [2.75, 3.05) is 13.1 Å². The molecule has 2 unspecified atom stereocenters. The fraction of sp³-hybridized carbons (Fsp3) is 1.00. The molecule has 2 bridgehead atoms. The highest BCUT2D eigenvalue weighted by Crippen LogP contribution is 2.37. The van der Waals surface area contributed by atoms with Crippen LogP contribution in [0.4, 0.5) is 13.2 Å². The van der Waals surface area contributed by atoms with Gasteiger partial charge < -0.3 is 5.32 Å². The summed E-state index contributed by atoms with van der Waals surface area (Å²) in [5.74, 6) is 0. The van der Waals surface area contributed by atoms with Crippen LogP contribution in [0.2, 0.25) is 0 Å². The van der Waals surface area contributed by atoms with Crippen LogP contribution in [0.3, 0.4) is 0 Å². The average Bonchev–Trinajstić information content (AvgIpc) is 2.50. The van der Waals surface area contributed by atoms with E-state index in [0.717, 1.165) is 38.6 Å². The molecule has 100 valence electrons. The van der Waals surface area contributed by atoms with Gasteiger partial charge in [-0.1, -0.05) is 6.92 Å². The van der Waals surface area contributed by atoms with Crippen LogP contribution in [-0.4, -0.2) is 42.3 Å². The van der Waals surface area contributed by atoms with Gasteiger partial charge in [-0.05, 0) is 38.6 Å². The predicted octanol–water partition coefficient (Wildman–Crippen LogP) is 2.54. The maximum atomic E-state index is 12.5. The highest BCUT2D eigenvalue weighted by molar-refractivity contribution is 4.98. The van der Waals surface area contributed by atoms with Crippen LogP contribution in [-0.2, 0) is 0 Å². The summed E-state index contributed by atoms with van der Waals surface area (Å²) in [6, 6.07) is 0.714. The van der Waals surface area contributed by atoms with Crippen molar-refractivity contribution in [1.82, 2.24) is 10.2 Å². The second-order valence-electron chi connectivity index (χ2n) is 5.29. The largest absolute Gasteiger partial charge is 0.401 e. The molecular weight excluding hydrogens is 229 g/mol.